The molecule has 0 saturated carbocycles. The summed E-state index contributed by atoms with van der Waals surface area (Å²) in [5, 5.41) is 9.02. The number of benzene rings is 1. The zero-order valence-electron chi connectivity index (χ0n) is 11.7. The van der Waals surface area contributed by atoms with Gasteiger partial charge >= 0.3 is 5.97 Å². The Balaban J connectivity index is 2.31. The molecule has 104 valence electrons. The number of hydrogen-bond donors (Lipinski definition) is 1. The zero-order valence-corrected chi connectivity index (χ0v) is 11.7. The first-order valence-electron chi connectivity index (χ1n) is 6.75. The Hall–Kier alpha value is -1.55. The fraction of sp³-hybridized carbons (Fsp3) is 0.533. The lowest BCUT2D eigenvalue weighted by Gasteiger charge is -2.40. The highest BCUT2D eigenvalue weighted by molar-refractivity contribution is 5.88. The highest BCUT2D eigenvalue weighted by Crippen LogP contribution is 2.27. The normalized spacial score (nSPS) is 23.4. The van der Waals surface area contributed by atoms with E-state index in [1.807, 2.05) is 13.0 Å². The Morgan fingerprint density at radius 1 is 1.53 bits per heavy atom. The molecule has 4 nitrogen and oxygen atoms in total. The molecule has 1 heterocycles. The summed E-state index contributed by atoms with van der Waals surface area (Å²) in [6, 6.07) is 5.70. The van der Waals surface area contributed by atoms with Crippen molar-refractivity contribution in [2.24, 2.45) is 0 Å². The van der Waals surface area contributed by atoms with Crippen LogP contribution >= 0.6 is 0 Å². The van der Waals surface area contributed by atoms with Crippen molar-refractivity contribution in [3.05, 3.63) is 29.3 Å². The molecule has 0 aliphatic carbocycles. The van der Waals surface area contributed by atoms with E-state index >= 15 is 0 Å². The van der Waals surface area contributed by atoms with E-state index in [0.717, 1.165) is 30.8 Å². The van der Waals surface area contributed by atoms with E-state index in [1.165, 1.54) is 0 Å². The lowest BCUT2D eigenvalue weighted by molar-refractivity contribution is 0.0299. The molecule has 0 aromatic heterocycles. The molecule has 1 fully saturated rings. The number of aromatic carboxylic acids is 1. The van der Waals surface area contributed by atoms with Crippen molar-refractivity contribution in [1.29, 1.82) is 0 Å². The van der Waals surface area contributed by atoms with Crippen LogP contribution in [0.3, 0.4) is 0 Å². The van der Waals surface area contributed by atoms with Crippen molar-refractivity contribution in [3.8, 4) is 0 Å². The van der Waals surface area contributed by atoms with Gasteiger partial charge in [-0.25, -0.2) is 4.79 Å². The topological polar surface area (TPSA) is 49.8 Å². The van der Waals surface area contributed by atoms with Gasteiger partial charge in [0.25, 0.3) is 0 Å². The Kier molecular flexibility index (Phi) is 4.10. The highest BCUT2D eigenvalue weighted by Gasteiger charge is 2.26. The summed E-state index contributed by atoms with van der Waals surface area (Å²) in [6.45, 7) is 7.77. The van der Waals surface area contributed by atoms with Gasteiger partial charge < -0.3 is 14.7 Å². The molecular formula is C15H21NO3. The zero-order chi connectivity index (χ0) is 14.0. The molecule has 1 aliphatic heterocycles. The van der Waals surface area contributed by atoms with E-state index in [-0.39, 0.29) is 6.10 Å². The molecule has 0 amide bonds. The van der Waals surface area contributed by atoms with Crippen LogP contribution in [0.1, 0.15) is 36.2 Å². The first kappa shape index (κ1) is 13.9. The van der Waals surface area contributed by atoms with E-state index < -0.39 is 5.97 Å². The molecule has 1 saturated heterocycles. The second kappa shape index (κ2) is 5.61. The van der Waals surface area contributed by atoms with Crippen LogP contribution in [0.4, 0.5) is 5.69 Å². The number of hydrogen-bond acceptors (Lipinski definition) is 3. The van der Waals surface area contributed by atoms with Crippen LogP contribution in [0.25, 0.3) is 0 Å². The van der Waals surface area contributed by atoms with E-state index in [9.17, 15) is 4.79 Å². The number of carboxylic acids is 1. The van der Waals surface area contributed by atoms with Crippen molar-refractivity contribution < 1.29 is 14.6 Å². The van der Waals surface area contributed by atoms with Gasteiger partial charge in [0.2, 0.25) is 0 Å². The lowest BCUT2D eigenvalue weighted by atomic mass is 10.0. The predicted octanol–water partition coefficient (Wildman–Crippen LogP) is 2.70. The van der Waals surface area contributed by atoms with Crippen LogP contribution < -0.4 is 4.90 Å². The maximum atomic E-state index is 11.0. The predicted molar refractivity (Wildman–Crippen MR) is 75.0 cm³/mol. The molecular weight excluding hydrogens is 242 g/mol. The van der Waals surface area contributed by atoms with Crippen molar-refractivity contribution in [2.45, 2.75) is 39.3 Å². The quantitative estimate of drug-likeness (QED) is 0.911. The largest absolute Gasteiger partial charge is 0.478 e. The number of nitrogens with zero attached hydrogens (tertiary/aromatic N) is 1. The summed E-state index contributed by atoms with van der Waals surface area (Å²) in [5.74, 6) is -0.878. The third kappa shape index (κ3) is 2.89. The standard InChI is InChI=1S/C15H21NO3/c1-4-13-9-19-11(3)8-16(13)14-6-5-12(15(17)18)7-10(14)2/h5-7,11,13H,4,8-9H2,1-3H3,(H,17,18). The molecule has 1 N–H and O–H groups in total. The second-order valence-corrected chi connectivity index (χ2v) is 5.16. The molecule has 4 heteroatoms. The van der Waals surface area contributed by atoms with Crippen LogP contribution in [0.15, 0.2) is 18.2 Å². The number of carboxylic acid groups (broad SMARTS) is 1. The van der Waals surface area contributed by atoms with Gasteiger partial charge in [0.15, 0.2) is 0 Å². The Labute approximate surface area is 114 Å². The second-order valence-electron chi connectivity index (χ2n) is 5.16. The number of carbonyl (C=O) groups is 1. The monoisotopic (exact) mass is 263 g/mol. The molecule has 2 atom stereocenters. The van der Waals surface area contributed by atoms with Gasteiger partial charge in [-0.3, -0.25) is 0 Å². The molecule has 2 rings (SSSR count). The molecule has 0 bridgehead atoms. The number of aryl methyl sites for hydroxylation is 1. The third-order valence-corrected chi connectivity index (χ3v) is 3.69. The fourth-order valence-electron chi connectivity index (χ4n) is 2.59. The van der Waals surface area contributed by atoms with E-state index in [2.05, 4.69) is 18.7 Å². The summed E-state index contributed by atoms with van der Waals surface area (Å²) < 4.78 is 5.70. The molecule has 1 aliphatic rings. The average molecular weight is 263 g/mol. The van der Waals surface area contributed by atoms with Gasteiger partial charge in [0.05, 0.1) is 24.3 Å². The van der Waals surface area contributed by atoms with Crippen LogP contribution in [0.2, 0.25) is 0 Å². The minimum absolute atomic E-state index is 0.210. The summed E-state index contributed by atoms with van der Waals surface area (Å²) in [7, 11) is 0. The molecule has 1 aromatic carbocycles. The Bertz CT molecular complexity index is 472. The average Bonchev–Trinajstić information content (AvgIpc) is 2.38. The van der Waals surface area contributed by atoms with Crippen molar-refractivity contribution >= 4 is 11.7 Å². The number of anilines is 1. The van der Waals surface area contributed by atoms with Crippen molar-refractivity contribution in [2.75, 3.05) is 18.1 Å². The van der Waals surface area contributed by atoms with Crippen LogP contribution in [-0.4, -0.2) is 36.4 Å². The van der Waals surface area contributed by atoms with Gasteiger partial charge in [0.1, 0.15) is 0 Å². The first-order valence-corrected chi connectivity index (χ1v) is 6.75. The molecule has 0 radical (unpaired) electrons. The van der Waals surface area contributed by atoms with Crippen LogP contribution in [-0.2, 0) is 4.74 Å². The summed E-state index contributed by atoms with van der Waals surface area (Å²) in [6.07, 6.45) is 1.23. The molecule has 0 spiro atoms. The minimum Gasteiger partial charge on any atom is -0.478 e. The van der Waals surface area contributed by atoms with Gasteiger partial charge in [-0.2, -0.15) is 0 Å². The maximum absolute atomic E-state index is 11.0. The third-order valence-electron chi connectivity index (χ3n) is 3.69. The highest BCUT2D eigenvalue weighted by atomic mass is 16.5. The van der Waals surface area contributed by atoms with Gasteiger partial charge in [0, 0.05) is 12.2 Å². The SMILES string of the molecule is CCC1COC(C)CN1c1ccc(C(=O)O)cc1C. The van der Waals surface area contributed by atoms with Crippen LogP contribution in [0, 0.1) is 6.92 Å². The molecule has 1 aromatic rings. The van der Waals surface area contributed by atoms with E-state index in [4.69, 9.17) is 9.84 Å². The van der Waals surface area contributed by atoms with Gasteiger partial charge in [-0.15, -0.1) is 0 Å². The maximum Gasteiger partial charge on any atom is 0.335 e. The minimum atomic E-state index is -0.878. The van der Waals surface area contributed by atoms with Crippen LogP contribution in [0.5, 0.6) is 0 Å². The molecule has 19 heavy (non-hydrogen) atoms. The van der Waals surface area contributed by atoms with Crippen molar-refractivity contribution in [3.63, 3.8) is 0 Å². The number of rotatable bonds is 3. The fourth-order valence-corrected chi connectivity index (χ4v) is 2.59. The Morgan fingerprint density at radius 3 is 2.84 bits per heavy atom. The van der Waals surface area contributed by atoms with Gasteiger partial charge in [-0.05, 0) is 44.0 Å². The lowest BCUT2D eigenvalue weighted by Crippen LogP contribution is -2.49. The van der Waals surface area contributed by atoms with Crippen molar-refractivity contribution in [1.82, 2.24) is 0 Å². The molecule has 2 unspecified atom stereocenters. The number of morpholine rings is 1. The van der Waals surface area contributed by atoms with E-state index in [1.54, 1.807) is 12.1 Å². The van der Waals surface area contributed by atoms with Gasteiger partial charge in [-0.1, -0.05) is 6.92 Å². The number of ether oxygens (including phenoxy) is 1. The Morgan fingerprint density at radius 2 is 2.26 bits per heavy atom. The smallest absolute Gasteiger partial charge is 0.335 e. The van der Waals surface area contributed by atoms with E-state index in [0.29, 0.717) is 11.6 Å². The summed E-state index contributed by atoms with van der Waals surface area (Å²) >= 11 is 0. The summed E-state index contributed by atoms with van der Waals surface area (Å²) in [5.41, 5.74) is 2.47. The first-order chi connectivity index (χ1) is 9.02. The summed E-state index contributed by atoms with van der Waals surface area (Å²) in [4.78, 5) is 13.3.